The molecule has 1 atom stereocenters. The van der Waals surface area contributed by atoms with Crippen molar-refractivity contribution in [3.63, 3.8) is 0 Å². The second kappa shape index (κ2) is 7.49. The van der Waals surface area contributed by atoms with Crippen molar-refractivity contribution in [3.8, 4) is 5.75 Å². The number of anilines is 1. The number of nitrogens with one attached hydrogen (secondary N) is 2. The minimum absolute atomic E-state index is 0.105. The van der Waals surface area contributed by atoms with Gasteiger partial charge in [0, 0.05) is 17.0 Å². The Hall–Kier alpha value is -2.34. The summed E-state index contributed by atoms with van der Waals surface area (Å²) >= 11 is 0. The van der Waals surface area contributed by atoms with Crippen molar-refractivity contribution in [1.82, 2.24) is 5.16 Å². The smallest absolute Gasteiger partial charge is 0.281 e. The second-order valence-electron chi connectivity index (χ2n) is 7.04. The van der Waals surface area contributed by atoms with E-state index in [-0.39, 0.29) is 11.3 Å². The van der Waals surface area contributed by atoms with Gasteiger partial charge in [0.25, 0.3) is 5.91 Å². The van der Waals surface area contributed by atoms with E-state index < -0.39 is 0 Å². The Morgan fingerprint density at radius 1 is 1.33 bits per heavy atom. The average molecular weight is 332 g/mol. The number of methoxy groups -OCH3 is 1. The molecule has 0 fully saturated rings. The summed E-state index contributed by atoms with van der Waals surface area (Å²) in [4.78, 5) is 13.2. The second-order valence-corrected chi connectivity index (χ2v) is 7.04. The number of benzene rings is 1. The van der Waals surface area contributed by atoms with Crippen LogP contribution in [0.2, 0.25) is 0 Å². The Balaban J connectivity index is 1.88. The maximum atomic E-state index is 12.2. The summed E-state index contributed by atoms with van der Waals surface area (Å²) in [6.45, 7) is 7.20. The summed E-state index contributed by atoms with van der Waals surface area (Å²) < 4.78 is 10.4. The van der Waals surface area contributed by atoms with Gasteiger partial charge in [-0.15, -0.1) is 0 Å². The molecule has 6 heteroatoms. The van der Waals surface area contributed by atoms with Crippen LogP contribution in [0.4, 0.5) is 5.88 Å². The summed E-state index contributed by atoms with van der Waals surface area (Å²) in [5, 5.41) is 6.76. The molecule has 0 aliphatic carbocycles. The fourth-order valence-corrected chi connectivity index (χ4v) is 2.34. The van der Waals surface area contributed by atoms with E-state index >= 15 is 0 Å². The first-order chi connectivity index (χ1) is 11.3. The average Bonchev–Trinajstić information content (AvgIpc) is 2.95. The molecule has 1 unspecified atom stereocenters. The van der Waals surface area contributed by atoms with Crippen molar-refractivity contribution >= 4 is 11.8 Å². The van der Waals surface area contributed by atoms with Crippen LogP contribution in [0.1, 0.15) is 32.0 Å². The quantitative estimate of drug-likeness (QED) is 0.844. The predicted octanol–water partition coefficient (Wildman–Crippen LogP) is 1.63. The number of carbonyl (C=O) groups is 1. The van der Waals surface area contributed by atoms with Gasteiger partial charge in [-0.2, -0.15) is 0 Å². The third-order valence-electron chi connectivity index (χ3n) is 3.64. The molecule has 2 rings (SSSR count). The van der Waals surface area contributed by atoms with Crippen LogP contribution in [0.15, 0.2) is 34.9 Å². The minimum atomic E-state index is -0.110. The van der Waals surface area contributed by atoms with Crippen LogP contribution in [0.3, 0.4) is 0 Å². The highest BCUT2D eigenvalue weighted by atomic mass is 16.5. The van der Waals surface area contributed by atoms with E-state index in [2.05, 4.69) is 10.5 Å². The lowest BCUT2D eigenvalue weighted by molar-refractivity contribution is -0.885. The van der Waals surface area contributed by atoms with Gasteiger partial charge in [-0.1, -0.05) is 38.1 Å². The Morgan fingerprint density at radius 3 is 2.71 bits per heavy atom. The molecule has 0 aliphatic rings. The highest BCUT2D eigenvalue weighted by molar-refractivity contribution is 5.90. The molecule has 0 saturated heterocycles. The number of aromatic nitrogens is 1. The standard InChI is InChI=1S/C18H25N3O3/c1-18(2,3)15-10-17(24-20-15)19-16(22)12-21(4)11-13-7-6-8-14(9-13)23-5/h6-10H,11-12H2,1-5H3,(H,19,22)/p+1. The first-order valence-electron chi connectivity index (χ1n) is 7.99. The van der Waals surface area contributed by atoms with Gasteiger partial charge in [-0.25, -0.2) is 0 Å². The van der Waals surface area contributed by atoms with Gasteiger partial charge in [-0.3, -0.25) is 10.1 Å². The Bertz CT molecular complexity index is 689. The number of carbonyl (C=O) groups excluding carboxylic acids is 1. The molecule has 0 radical (unpaired) electrons. The molecule has 1 aromatic heterocycles. The highest BCUT2D eigenvalue weighted by Gasteiger charge is 2.20. The summed E-state index contributed by atoms with van der Waals surface area (Å²) in [6, 6.07) is 9.63. The molecule has 1 aromatic carbocycles. The van der Waals surface area contributed by atoms with E-state index in [4.69, 9.17) is 9.26 Å². The molecule has 1 amide bonds. The van der Waals surface area contributed by atoms with Crippen molar-refractivity contribution < 1.29 is 19.0 Å². The summed E-state index contributed by atoms with van der Waals surface area (Å²) in [6.07, 6.45) is 0. The molecule has 2 aromatic rings. The molecular weight excluding hydrogens is 306 g/mol. The monoisotopic (exact) mass is 332 g/mol. The van der Waals surface area contributed by atoms with Gasteiger partial charge in [0.15, 0.2) is 6.54 Å². The van der Waals surface area contributed by atoms with E-state index in [0.29, 0.717) is 12.4 Å². The minimum Gasteiger partial charge on any atom is -0.497 e. The van der Waals surface area contributed by atoms with Crippen LogP contribution in [-0.4, -0.2) is 31.8 Å². The first-order valence-corrected chi connectivity index (χ1v) is 7.99. The Morgan fingerprint density at radius 2 is 2.08 bits per heavy atom. The Kier molecular flexibility index (Phi) is 5.62. The van der Waals surface area contributed by atoms with E-state index in [1.54, 1.807) is 13.2 Å². The number of amides is 1. The summed E-state index contributed by atoms with van der Waals surface area (Å²) in [7, 11) is 3.62. The van der Waals surface area contributed by atoms with Crippen LogP contribution in [0, 0.1) is 0 Å². The molecule has 6 nitrogen and oxygen atoms in total. The van der Waals surface area contributed by atoms with Crippen molar-refractivity contribution in [2.24, 2.45) is 0 Å². The predicted molar refractivity (Wildman–Crippen MR) is 92.3 cm³/mol. The zero-order valence-electron chi connectivity index (χ0n) is 15.0. The van der Waals surface area contributed by atoms with E-state index in [1.165, 1.54) is 0 Å². The summed E-state index contributed by atoms with van der Waals surface area (Å²) in [5.74, 6) is 1.10. The number of hydrogen-bond donors (Lipinski definition) is 2. The number of ether oxygens (including phenoxy) is 1. The molecule has 1 heterocycles. The molecule has 0 aliphatic heterocycles. The largest absolute Gasteiger partial charge is 0.497 e. The highest BCUT2D eigenvalue weighted by Crippen LogP contribution is 2.23. The first kappa shape index (κ1) is 18.0. The third-order valence-corrected chi connectivity index (χ3v) is 3.64. The summed E-state index contributed by atoms with van der Waals surface area (Å²) in [5.41, 5.74) is 1.82. The number of hydrogen-bond acceptors (Lipinski definition) is 4. The van der Waals surface area contributed by atoms with E-state index in [9.17, 15) is 4.79 Å². The SMILES string of the molecule is COc1cccc(C[NH+](C)CC(=O)Nc2cc(C(C)(C)C)no2)c1. The van der Waals surface area contributed by atoms with Crippen LogP contribution < -0.4 is 15.0 Å². The number of quaternary nitrogens is 1. The van der Waals surface area contributed by atoms with Gasteiger partial charge in [0.05, 0.1) is 19.9 Å². The topological polar surface area (TPSA) is 68.8 Å². The van der Waals surface area contributed by atoms with Crippen LogP contribution in [0.25, 0.3) is 0 Å². The number of likely N-dealkylation sites (N-methyl/N-ethyl adjacent to an activating group) is 1. The molecular formula is C18H26N3O3+. The maximum Gasteiger partial charge on any atom is 0.281 e. The van der Waals surface area contributed by atoms with Gasteiger partial charge < -0.3 is 14.2 Å². The number of nitrogens with zero attached hydrogens (tertiary/aromatic N) is 1. The maximum absolute atomic E-state index is 12.2. The van der Waals surface area contributed by atoms with Gasteiger partial charge >= 0.3 is 0 Å². The van der Waals surface area contributed by atoms with Crippen LogP contribution in [-0.2, 0) is 16.8 Å². The molecule has 0 bridgehead atoms. The van der Waals surface area contributed by atoms with Gasteiger partial charge in [-0.05, 0) is 12.1 Å². The molecule has 130 valence electrons. The molecule has 0 spiro atoms. The van der Waals surface area contributed by atoms with Crippen molar-refractivity contribution in [2.75, 3.05) is 26.0 Å². The van der Waals surface area contributed by atoms with Gasteiger partial charge in [0.2, 0.25) is 5.88 Å². The van der Waals surface area contributed by atoms with Gasteiger partial charge in [0.1, 0.15) is 12.3 Å². The normalized spacial score (nSPS) is 12.7. The van der Waals surface area contributed by atoms with Crippen molar-refractivity contribution in [2.45, 2.75) is 32.7 Å². The fraction of sp³-hybridized carbons (Fsp3) is 0.444. The molecule has 0 saturated carbocycles. The van der Waals surface area contributed by atoms with Crippen LogP contribution >= 0.6 is 0 Å². The lowest BCUT2D eigenvalue weighted by Gasteiger charge is -2.14. The lowest BCUT2D eigenvalue weighted by Crippen LogP contribution is -3.08. The number of rotatable bonds is 6. The lowest BCUT2D eigenvalue weighted by atomic mass is 9.92. The fourth-order valence-electron chi connectivity index (χ4n) is 2.34. The van der Waals surface area contributed by atoms with Crippen molar-refractivity contribution in [1.29, 1.82) is 0 Å². The molecule has 2 N–H and O–H groups in total. The van der Waals surface area contributed by atoms with Crippen molar-refractivity contribution in [3.05, 3.63) is 41.6 Å². The van der Waals surface area contributed by atoms with E-state index in [0.717, 1.165) is 28.5 Å². The zero-order chi connectivity index (χ0) is 17.7. The molecule has 24 heavy (non-hydrogen) atoms. The Labute approximate surface area is 142 Å². The third kappa shape index (κ3) is 5.09. The van der Waals surface area contributed by atoms with E-state index in [1.807, 2.05) is 52.1 Å². The zero-order valence-corrected chi connectivity index (χ0v) is 15.0. The van der Waals surface area contributed by atoms with Crippen LogP contribution in [0.5, 0.6) is 5.75 Å².